The summed E-state index contributed by atoms with van der Waals surface area (Å²) < 4.78 is 0. The third-order valence-electron chi connectivity index (χ3n) is 14.3. The summed E-state index contributed by atoms with van der Waals surface area (Å²) in [5.74, 6) is 0.484. The number of aromatic nitrogens is 5. The quantitative estimate of drug-likeness (QED) is 0.113. The van der Waals surface area contributed by atoms with Crippen LogP contribution < -0.4 is 26.2 Å². The number of anilines is 3. The smallest absolute Gasteiger partial charge is 0.246 e. The highest BCUT2D eigenvalue weighted by Crippen LogP contribution is 2.39. The maximum Gasteiger partial charge on any atom is 0.246 e. The number of nitrogens with zero attached hydrogens (tertiary/aromatic N) is 9. The predicted octanol–water partition coefficient (Wildman–Crippen LogP) is 4.89. The summed E-state index contributed by atoms with van der Waals surface area (Å²) in [5.41, 5.74) is 13.5. The van der Waals surface area contributed by atoms with Crippen molar-refractivity contribution in [1.82, 2.24) is 45.6 Å². The van der Waals surface area contributed by atoms with E-state index in [1.807, 2.05) is 95.0 Å². The number of hydrogen-bond acceptors (Lipinski definition) is 15. The molecule has 2 bridgehead atoms. The fraction of sp³-hybridized carbons (Fsp3) is 0.480. The number of aryl methyl sites for hydroxylation is 1. The van der Waals surface area contributed by atoms with Gasteiger partial charge < -0.3 is 41.3 Å². The summed E-state index contributed by atoms with van der Waals surface area (Å²) in [6.07, 6.45) is 6.85. The van der Waals surface area contributed by atoms with Crippen molar-refractivity contribution in [3.05, 3.63) is 89.3 Å². The number of phenolic OH excluding ortho intramolecular Hbond substituents is 1. The van der Waals surface area contributed by atoms with Gasteiger partial charge in [-0.3, -0.25) is 19.3 Å². The standard InChI is InChI=1S/C50H62N12O5S/c1-29-43(68-28-55-29)33-12-10-31(11-13-33)22-52-47(66)41-20-37(63)27-61(41)48(67)44(50(3,4)5)56-46(65)30(2)59-18-16-32(17-19-59)34-23-53-49(54-24-34)62-35-14-15-36(62)26-60(25-35)40-21-39(57-58-45(40)51)38-8-6-7-9-42(38)64/h6-13,21,23-24,28,30,32,35-37,41,44,63-64H,14-20,22,25-27H2,1-5H3,(H2,51,58)(H,52,66)(H,56,65)/t30-,35?,36?,37+,41-,44+/m0/s1. The van der Waals surface area contributed by atoms with Crippen LogP contribution in [0.25, 0.3) is 21.7 Å². The minimum atomic E-state index is -0.916. The highest BCUT2D eigenvalue weighted by atomic mass is 32.1. The molecule has 0 spiro atoms. The Labute approximate surface area is 401 Å². The van der Waals surface area contributed by atoms with E-state index in [1.54, 1.807) is 23.5 Å². The number of carbonyl (C=O) groups excluding carboxylic acids is 3. The van der Waals surface area contributed by atoms with Gasteiger partial charge in [0.25, 0.3) is 0 Å². The molecule has 4 fully saturated rings. The molecule has 4 aliphatic rings. The van der Waals surface area contributed by atoms with E-state index in [2.05, 4.69) is 40.5 Å². The molecule has 3 amide bonds. The maximum atomic E-state index is 14.3. The summed E-state index contributed by atoms with van der Waals surface area (Å²) in [6.45, 7) is 12.7. The number of phenols is 1. The molecule has 6 N–H and O–H groups in total. The number of aliphatic hydroxyl groups excluding tert-OH is 1. The number of aliphatic hydroxyl groups is 1. The third kappa shape index (κ3) is 9.71. The monoisotopic (exact) mass is 942 g/mol. The number of fused-ring (bicyclic) bond motifs is 2. The SMILES string of the molecule is Cc1ncsc1-c1ccc(CNC(=O)[C@@H]2C[C@@H](O)CN2C(=O)[C@@H](NC(=O)[C@H](C)N2CCC(c3cnc(N4C5CCC4CN(c4cc(-c6ccccc6O)nnc4N)C5)nc3)CC2)C(C)(C)C)cc1. The van der Waals surface area contributed by atoms with Crippen molar-refractivity contribution in [2.24, 2.45) is 5.41 Å². The first-order chi connectivity index (χ1) is 32.6. The number of β-amino-alcohol motifs (C(OH)–C–C–N with tert-alkyl or cyclic N) is 1. The lowest BCUT2D eigenvalue weighted by Crippen LogP contribution is -2.60. The van der Waals surface area contributed by atoms with Gasteiger partial charge in [0, 0.05) is 62.6 Å². The number of piperidine rings is 1. The molecule has 0 saturated carbocycles. The number of piperazine rings is 1. The molecule has 68 heavy (non-hydrogen) atoms. The zero-order valence-corrected chi connectivity index (χ0v) is 40.2. The van der Waals surface area contributed by atoms with Crippen molar-refractivity contribution in [2.75, 3.05) is 48.3 Å². The number of aromatic hydroxyl groups is 1. The summed E-state index contributed by atoms with van der Waals surface area (Å²) in [6, 6.07) is 15.1. The van der Waals surface area contributed by atoms with Crippen LogP contribution >= 0.6 is 11.3 Å². The first-order valence-corrected chi connectivity index (χ1v) is 24.6. The number of hydrogen-bond donors (Lipinski definition) is 5. The van der Waals surface area contributed by atoms with E-state index >= 15 is 0 Å². The normalized spacial score (nSPS) is 22.0. The molecule has 6 atom stereocenters. The molecule has 4 saturated heterocycles. The van der Waals surface area contributed by atoms with Crippen molar-refractivity contribution in [3.8, 4) is 27.4 Å². The molecule has 9 rings (SSSR count). The Balaban J connectivity index is 0.774. The van der Waals surface area contributed by atoms with E-state index in [9.17, 15) is 24.6 Å². The van der Waals surface area contributed by atoms with E-state index < -0.39 is 29.6 Å². The second-order valence-electron chi connectivity index (χ2n) is 19.9. The Morgan fingerprint density at radius 2 is 1.62 bits per heavy atom. The van der Waals surface area contributed by atoms with E-state index in [0.29, 0.717) is 30.2 Å². The fourth-order valence-corrected chi connectivity index (χ4v) is 11.2. The fourth-order valence-electron chi connectivity index (χ4n) is 10.4. The number of rotatable bonds is 12. The van der Waals surface area contributed by atoms with Gasteiger partial charge >= 0.3 is 0 Å². The van der Waals surface area contributed by atoms with Crippen molar-refractivity contribution >= 4 is 46.5 Å². The van der Waals surface area contributed by atoms with E-state index in [0.717, 1.165) is 77.7 Å². The average molecular weight is 943 g/mol. The molecule has 0 radical (unpaired) electrons. The zero-order chi connectivity index (χ0) is 47.9. The molecule has 2 unspecified atom stereocenters. The molecule has 4 aliphatic heterocycles. The molecular weight excluding hydrogens is 881 g/mol. The number of nitrogens with one attached hydrogen (secondary N) is 2. The minimum absolute atomic E-state index is 0.0112. The van der Waals surface area contributed by atoms with Gasteiger partial charge in [0.1, 0.15) is 17.8 Å². The molecule has 17 nitrogen and oxygen atoms in total. The molecule has 7 heterocycles. The molecule has 3 aromatic heterocycles. The third-order valence-corrected chi connectivity index (χ3v) is 15.3. The average Bonchev–Trinajstić information content (AvgIpc) is 4.03. The second-order valence-corrected chi connectivity index (χ2v) is 20.8. The predicted molar refractivity (Wildman–Crippen MR) is 262 cm³/mol. The van der Waals surface area contributed by atoms with Crippen molar-refractivity contribution < 1.29 is 24.6 Å². The second kappa shape index (κ2) is 19.4. The van der Waals surface area contributed by atoms with Crippen LogP contribution in [0.5, 0.6) is 5.75 Å². The number of para-hydroxylation sites is 1. The summed E-state index contributed by atoms with van der Waals surface area (Å²) in [7, 11) is 0. The van der Waals surface area contributed by atoms with Gasteiger partial charge in [-0.25, -0.2) is 15.0 Å². The highest BCUT2D eigenvalue weighted by molar-refractivity contribution is 7.13. The van der Waals surface area contributed by atoms with Gasteiger partial charge in [0.2, 0.25) is 23.7 Å². The zero-order valence-electron chi connectivity index (χ0n) is 39.4. The van der Waals surface area contributed by atoms with Crippen LogP contribution in [0, 0.1) is 12.3 Å². The van der Waals surface area contributed by atoms with Gasteiger partial charge in [-0.1, -0.05) is 57.2 Å². The van der Waals surface area contributed by atoms with Crippen molar-refractivity contribution in [2.45, 2.75) is 115 Å². The number of nitrogens with two attached hydrogens (primary N) is 1. The van der Waals surface area contributed by atoms with Crippen LogP contribution in [0.2, 0.25) is 0 Å². The summed E-state index contributed by atoms with van der Waals surface area (Å²) >= 11 is 1.58. The van der Waals surface area contributed by atoms with E-state index in [4.69, 9.17) is 15.7 Å². The Morgan fingerprint density at radius 1 is 0.926 bits per heavy atom. The van der Waals surface area contributed by atoms with Crippen LogP contribution in [0.1, 0.15) is 82.5 Å². The molecule has 0 aliphatic carbocycles. The van der Waals surface area contributed by atoms with Crippen LogP contribution in [0.15, 0.2) is 72.5 Å². The first-order valence-electron chi connectivity index (χ1n) is 23.7. The van der Waals surface area contributed by atoms with Crippen LogP contribution in [-0.2, 0) is 20.9 Å². The van der Waals surface area contributed by atoms with Crippen LogP contribution in [-0.4, -0.2) is 132 Å². The number of carbonyl (C=O) groups is 3. The lowest BCUT2D eigenvalue weighted by molar-refractivity contribution is -0.144. The van der Waals surface area contributed by atoms with Gasteiger partial charge in [0.15, 0.2) is 5.82 Å². The largest absolute Gasteiger partial charge is 0.507 e. The minimum Gasteiger partial charge on any atom is -0.507 e. The molecule has 5 aromatic rings. The number of amides is 3. The van der Waals surface area contributed by atoms with Crippen molar-refractivity contribution in [1.29, 1.82) is 0 Å². The highest BCUT2D eigenvalue weighted by Gasteiger charge is 2.46. The van der Waals surface area contributed by atoms with Crippen LogP contribution in [0.4, 0.5) is 17.5 Å². The summed E-state index contributed by atoms with van der Waals surface area (Å²) in [5, 5.41) is 35.7. The molecule has 358 valence electrons. The van der Waals surface area contributed by atoms with Gasteiger partial charge in [-0.05, 0) is 98.8 Å². The number of thiazole rings is 1. The molecule has 2 aromatic carbocycles. The topological polar surface area (TPSA) is 219 Å². The molecule has 18 heteroatoms. The lowest BCUT2D eigenvalue weighted by atomic mass is 9.85. The Hall–Kier alpha value is -6.24. The van der Waals surface area contributed by atoms with E-state index in [-0.39, 0.29) is 61.0 Å². The number of nitrogen functional groups attached to an aromatic ring is 1. The Bertz CT molecular complexity index is 2600. The Morgan fingerprint density at radius 3 is 2.26 bits per heavy atom. The Kier molecular flexibility index (Phi) is 13.4. The molecular formula is C50H62N12O5S. The van der Waals surface area contributed by atoms with Gasteiger partial charge in [-0.15, -0.1) is 21.5 Å². The van der Waals surface area contributed by atoms with Crippen molar-refractivity contribution in [3.63, 3.8) is 0 Å². The summed E-state index contributed by atoms with van der Waals surface area (Å²) in [4.78, 5) is 65.4. The first kappa shape index (κ1) is 46.9. The van der Waals surface area contributed by atoms with E-state index in [1.165, 1.54) is 4.90 Å². The van der Waals surface area contributed by atoms with Gasteiger partial charge in [0.05, 0.1) is 39.6 Å². The maximum absolute atomic E-state index is 14.3. The van der Waals surface area contributed by atoms with Gasteiger partial charge in [-0.2, -0.15) is 0 Å². The number of benzene rings is 2. The lowest BCUT2D eigenvalue weighted by Gasteiger charge is -2.42. The number of likely N-dealkylation sites (tertiary alicyclic amines) is 2. The van der Waals surface area contributed by atoms with Crippen LogP contribution in [0.3, 0.4) is 0 Å².